The predicted octanol–water partition coefficient (Wildman–Crippen LogP) is 4.39. The number of anilines is 1. The average Bonchev–Trinajstić information content (AvgIpc) is 3.35. The fourth-order valence-corrected chi connectivity index (χ4v) is 7.22. The Bertz CT molecular complexity index is 1100. The van der Waals surface area contributed by atoms with Crippen LogP contribution >= 0.6 is 0 Å². The maximum absolute atomic E-state index is 14.0. The number of ether oxygens (including phenoxy) is 1. The molecule has 4 heterocycles. The van der Waals surface area contributed by atoms with Gasteiger partial charge in [-0.05, 0) is 70.2 Å². The molecule has 1 aromatic carbocycles. The standard InChI is InChI=1S/C30H41N5O2/c1-21-16-23-18-31-29(32-24-11-15-37-30(17-24)12-6-7-13-30)33-27(23)20-35(21)28(36)25-10-14-34(2)19-26(25)22-8-4-3-5-9-22/h3-5,8-9,18,21,24-26H,6-7,10-17,19-20H2,1-2H3,(H,31,32,33)/t21-,24?,25+,26-/m1/s1. The second kappa shape index (κ2) is 10.3. The molecule has 6 rings (SSSR count). The number of likely N-dealkylation sites (tertiary alicyclic amines) is 1. The smallest absolute Gasteiger partial charge is 0.227 e. The highest BCUT2D eigenvalue weighted by atomic mass is 16.5. The van der Waals surface area contributed by atoms with Crippen molar-refractivity contribution in [2.75, 3.05) is 32.1 Å². The Morgan fingerprint density at radius 3 is 2.78 bits per heavy atom. The zero-order valence-corrected chi connectivity index (χ0v) is 22.4. The number of nitrogens with one attached hydrogen (secondary N) is 1. The summed E-state index contributed by atoms with van der Waals surface area (Å²) in [4.78, 5) is 28.1. The quantitative estimate of drug-likeness (QED) is 0.667. The highest BCUT2D eigenvalue weighted by Gasteiger charge is 2.41. The van der Waals surface area contributed by atoms with Crippen molar-refractivity contribution in [3.8, 4) is 0 Å². The summed E-state index contributed by atoms with van der Waals surface area (Å²) in [7, 11) is 2.16. The summed E-state index contributed by atoms with van der Waals surface area (Å²) < 4.78 is 6.21. The van der Waals surface area contributed by atoms with E-state index in [2.05, 4.69) is 64.4 Å². The van der Waals surface area contributed by atoms with Gasteiger partial charge in [0.1, 0.15) is 0 Å². The van der Waals surface area contributed by atoms with Crippen molar-refractivity contribution in [2.24, 2.45) is 5.92 Å². The van der Waals surface area contributed by atoms with E-state index >= 15 is 0 Å². The lowest BCUT2D eigenvalue weighted by atomic mass is 9.79. The van der Waals surface area contributed by atoms with E-state index in [4.69, 9.17) is 9.72 Å². The molecule has 1 unspecified atom stereocenters. The van der Waals surface area contributed by atoms with Gasteiger partial charge >= 0.3 is 0 Å². The van der Waals surface area contributed by atoms with Crippen LogP contribution in [0.3, 0.4) is 0 Å². The van der Waals surface area contributed by atoms with Crippen LogP contribution in [-0.2, 0) is 22.5 Å². The first-order valence-corrected chi connectivity index (χ1v) is 14.3. The number of nitrogens with zero attached hydrogens (tertiary/aromatic N) is 4. The molecule has 3 fully saturated rings. The summed E-state index contributed by atoms with van der Waals surface area (Å²) in [6.45, 7) is 5.42. The van der Waals surface area contributed by atoms with E-state index in [1.165, 1.54) is 36.8 Å². The highest BCUT2D eigenvalue weighted by Crippen LogP contribution is 2.41. The van der Waals surface area contributed by atoms with E-state index in [0.29, 0.717) is 18.5 Å². The van der Waals surface area contributed by atoms with Crippen LogP contribution in [0.5, 0.6) is 0 Å². The van der Waals surface area contributed by atoms with Crippen molar-refractivity contribution in [1.29, 1.82) is 0 Å². The molecule has 4 aliphatic rings. The minimum atomic E-state index is 0.00636. The molecule has 7 nitrogen and oxygen atoms in total. The zero-order valence-electron chi connectivity index (χ0n) is 22.4. The van der Waals surface area contributed by atoms with Gasteiger partial charge in [0.25, 0.3) is 0 Å². The Morgan fingerprint density at radius 1 is 1.16 bits per heavy atom. The average molecular weight is 504 g/mol. The number of fused-ring (bicyclic) bond motifs is 1. The number of carbonyl (C=O) groups is 1. The minimum absolute atomic E-state index is 0.00636. The van der Waals surface area contributed by atoms with Gasteiger partial charge in [0, 0.05) is 43.3 Å². The first-order valence-electron chi connectivity index (χ1n) is 14.3. The third kappa shape index (κ3) is 5.13. The summed E-state index contributed by atoms with van der Waals surface area (Å²) in [6.07, 6.45) is 10.6. The topological polar surface area (TPSA) is 70.6 Å². The van der Waals surface area contributed by atoms with Crippen molar-refractivity contribution >= 4 is 11.9 Å². The fraction of sp³-hybridized carbons (Fsp3) is 0.633. The van der Waals surface area contributed by atoms with E-state index in [9.17, 15) is 4.79 Å². The molecule has 7 heteroatoms. The molecule has 0 bridgehead atoms. The van der Waals surface area contributed by atoms with Crippen molar-refractivity contribution in [2.45, 2.75) is 88.4 Å². The maximum atomic E-state index is 14.0. The Morgan fingerprint density at radius 2 is 1.97 bits per heavy atom. The lowest BCUT2D eigenvalue weighted by Crippen LogP contribution is -2.50. The van der Waals surface area contributed by atoms with E-state index < -0.39 is 0 Å². The van der Waals surface area contributed by atoms with E-state index in [0.717, 1.165) is 51.1 Å². The van der Waals surface area contributed by atoms with Gasteiger partial charge in [0.15, 0.2) is 0 Å². The van der Waals surface area contributed by atoms with Gasteiger partial charge in [-0.25, -0.2) is 9.97 Å². The second-order valence-electron chi connectivity index (χ2n) is 11.9. The van der Waals surface area contributed by atoms with Crippen LogP contribution in [0, 0.1) is 5.92 Å². The van der Waals surface area contributed by atoms with Gasteiger partial charge in [-0.1, -0.05) is 43.2 Å². The summed E-state index contributed by atoms with van der Waals surface area (Å²) in [5.74, 6) is 1.20. The van der Waals surface area contributed by atoms with E-state index in [1.54, 1.807) is 0 Å². The molecule has 1 aromatic heterocycles. The molecule has 1 saturated carbocycles. The second-order valence-corrected chi connectivity index (χ2v) is 11.9. The molecule has 2 aromatic rings. The van der Waals surface area contributed by atoms with Gasteiger partial charge in [-0.15, -0.1) is 0 Å². The molecule has 4 atom stereocenters. The Labute approximate surface area is 221 Å². The largest absolute Gasteiger partial charge is 0.375 e. The van der Waals surface area contributed by atoms with Gasteiger partial charge < -0.3 is 19.9 Å². The molecule has 37 heavy (non-hydrogen) atoms. The molecule has 1 spiro atoms. The molecule has 3 aliphatic heterocycles. The van der Waals surface area contributed by atoms with Crippen LogP contribution in [0.15, 0.2) is 36.5 Å². The number of rotatable bonds is 4. The molecule has 198 valence electrons. The number of amides is 1. The molecule has 1 N–H and O–H groups in total. The summed E-state index contributed by atoms with van der Waals surface area (Å²) in [5.41, 5.74) is 3.49. The van der Waals surface area contributed by atoms with Gasteiger partial charge in [-0.3, -0.25) is 4.79 Å². The van der Waals surface area contributed by atoms with Gasteiger partial charge in [0.2, 0.25) is 11.9 Å². The van der Waals surface area contributed by atoms with Crippen molar-refractivity contribution in [1.82, 2.24) is 19.8 Å². The molecular weight excluding hydrogens is 462 g/mol. The Balaban J connectivity index is 1.18. The zero-order chi connectivity index (χ0) is 25.4. The number of carbonyl (C=O) groups excluding carboxylic acids is 1. The van der Waals surface area contributed by atoms with Gasteiger partial charge in [-0.2, -0.15) is 0 Å². The number of benzene rings is 1. The summed E-state index contributed by atoms with van der Waals surface area (Å²) >= 11 is 0. The number of likely N-dealkylation sites (N-methyl/N-ethyl adjacent to an activating group) is 1. The number of hydrogen-bond acceptors (Lipinski definition) is 6. The molecule has 1 aliphatic carbocycles. The number of aromatic nitrogens is 2. The minimum Gasteiger partial charge on any atom is -0.375 e. The van der Waals surface area contributed by atoms with Crippen LogP contribution in [0.25, 0.3) is 0 Å². The fourth-order valence-electron chi connectivity index (χ4n) is 7.22. The first-order chi connectivity index (χ1) is 18.0. The first kappa shape index (κ1) is 24.8. The molecule has 2 saturated heterocycles. The van der Waals surface area contributed by atoms with Crippen LogP contribution in [0.1, 0.15) is 74.6 Å². The van der Waals surface area contributed by atoms with Crippen molar-refractivity contribution in [3.05, 3.63) is 53.3 Å². The molecular formula is C30H41N5O2. The van der Waals surface area contributed by atoms with Crippen molar-refractivity contribution < 1.29 is 9.53 Å². The molecule has 0 radical (unpaired) electrons. The lowest BCUT2D eigenvalue weighted by molar-refractivity contribution is -0.141. The van der Waals surface area contributed by atoms with Gasteiger partial charge in [0.05, 0.1) is 17.8 Å². The normalized spacial score (nSPS) is 29.7. The maximum Gasteiger partial charge on any atom is 0.227 e. The van der Waals surface area contributed by atoms with Crippen LogP contribution in [-0.4, -0.2) is 70.1 Å². The Hall–Kier alpha value is -2.51. The monoisotopic (exact) mass is 503 g/mol. The third-order valence-corrected chi connectivity index (χ3v) is 9.31. The number of hydrogen-bond donors (Lipinski definition) is 1. The number of piperidine rings is 1. The summed E-state index contributed by atoms with van der Waals surface area (Å²) in [6, 6.07) is 11.1. The molecule has 1 amide bonds. The lowest BCUT2D eigenvalue weighted by Gasteiger charge is -2.42. The van der Waals surface area contributed by atoms with Crippen LogP contribution < -0.4 is 5.32 Å². The third-order valence-electron chi connectivity index (χ3n) is 9.31. The Kier molecular flexibility index (Phi) is 6.93. The summed E-state index contributed by atoms with van der Waals surface area (Å²) in [5, 5.41) is 3.62. The SMILES string of the molecule is C[C@@H]1Cc2cnc(NC3CCOC4(CCCC4)C3)nc2CN1C(=O)[C@H]1CCN(C)C[C@@H]1c1ccccc1. The van der Waals surface area contributed by atoms with E-state index in [1.807, 2.05) is 6.20 Å². The predicted molar refractivity (Wildman–Crippen MR) is 144 cm³/mol. The van der Waals surface area contributed by atoms with Crippen molar-refractivity contribution in [3.63, 3.8) is 0 Å². The highest BCUT2D eigenvalue weighted by molar-refractivity contribution is 5.80. The van der Waals surface area contributed by atoms with E-state index in [-0.39, 0.29) is 29.4 Å². The van der Waals surface area contributed by atoms with Crippen LogP contribution in [0.4, 0.5) is 5.95 Å². The van der Waals surface area contributed by atoms with Crippen LogP contribution in [0.2, 0.25) is 0 Å².